The van der Waals surface area contributed by atoms with E-state index in [-0.39, 0.29) is 0 Å². The van der Waals surface area contributed by atoms with E-state index in [9.17, 15) is 0 Å². The molecule has 0 aliphatic heterocycles. The lowest BCUT2D eigenvalue weighted by molar-refractivity contribution is -0.000925. The van der Waals surface area contributed by atoms with Crippen molar-refractivity contribution in [3.63, 3.8) is 0 Å². The molecule has 0 saturated heterocycles. The maximum Gasteiger partial charge on any atom is 0.191 e. The van der Waals surface area contributed by atoms with Crippen LogP contribution in [0, 0.1) is 0 Å². The first-order valence-electron chi connectivity index (χ1n) is 5.88. The van der Waals surface area contributed by atoms with Crippen molar-refractivity contribution in [2.24, 2.45) is 10.7 Å². The third-order valence-corrected chi connectivity index (χ3v) is 3.24. The average molecular weight is 211 g/mol. The molecule has 0 bridgehead atoms. The molecule has 2 N–H and O–H groups in total. The van der Waals surface area contributed by atoms with E-state index in [4.69, 9.17) is 10.5 Å². The van der Waals surface area contributed by atoms with Crippen LogP contribution < -0.4 is 5.73 Å². The van der Waals surface area contributed by atoms with Crippen molar-refractivity contribution >= 4 is 5.96 Å². The fraction of sp³-hybridized carbons (Fsp3) is 0.909. The van der Waals surface area contributed by atoms with E-state index in [0.717, 1.165) is 19.4 Å². The second-order valence-corrected chi connectivity index (χ2v) is 4.53. The van der Waals surface area contributed by atoms with Crippen molar-refractivity contribution in [1.82, 2.24) is 4.90 Å². The van der Waals surface area contributed by atoms with Crippen LogP contribution in [0.25, 0.3) is 0 Å². The second-order valence-electron chi connectivity index (χ2n) is 4.53. The smallest absolute Gasteiger partial charge is 0.191 e. The number of hydrogen-bond acceptors (Lipinski definition) is 2. The Bertz CT molecular complexity index is 244. The quantitative estimate of drug-likeness (QED) is 0.556. The lowest BCUT2D eigenvalue weighted by atomic mass is 9.90. The van der Waals surface area contributed by atoms with Gasteiger partial charge in [0, 0.05) is 19.7 Å². The topological polar surface area (TPSA) is 50.9 Å². The number of ether oxygens (including phenoxy) is 1. The Morgan fingerprint density at radius 1 is 1.47 bits per heavy atom. The van der Waals surface area contributed by atoms with Crippen LogP contribution in [-0.2, 0) is 4.74 Å². The summed E-state index contributed by atoms with van der Waals surface area (Å²) >= 11 is 0. The highest BCUT2D eigenvalue weighted by Gasteiger charge is 2.31. The Morgan fingerprint density at radius 3 is 2.67 bits per heavy atom. The number of aliphatic imine (C=N–C) groups is 1. The molecule has 0 radical (unpaired) electrons. The van der Waals surface area contributed by atoms with Crippen molar-refractivity contribution < 1.29 is 4.74 Å². The minimum atomic E-state index is 0.391. The van der Waals surface area contributed by atoms with Crippen LogP contribution >= 0.6 is 0 Å². The van der Waals surface area contributed by atoms with E-state index in [1.54, 1.807) is 0 Å². The van der Waals surface area contributed by atoms with Gasteiger partial charge in [-0.15, -0.1) is 0 Å². The molecule has 0 spiro atoms. The van der Waals surface area contributed by atoms with E-state index in [1.807, 2.05) is 14.0 Å². The van der Waals surface area contributed by atoms with Crippen LogP contribution in [0.3, 0.4) is 0 Å². The Morgan fingerprint density at radius 2 is 2.13 bits per heavy atom. The van der Waals surface area contributed by atoms with Crippen molar-refractivity contribution in [3.8, 4) is 0 Å². The van der Waals surface area contributed by atoms with Gasteiger partial charge < -0.3 is 15.4 Å². The fourth-order valence-electron chi connectivity index (χ4n) is 1.94. The first kappa shape index (κ1) is 10.7. The SMILES string of the molecule is CCOC1CC(N=C(N)N(C)C2CC2)C1. The molecule has 0 aromatic heterocycles. The normalized spacial score (nSPS) is 31.2. The molecule has 0 amide bonds. The van der Waals surface area contributed by atoms with Crippen LogP contribution in [-0.4, -0.2) is 42.7 Å². The summed E-state index contributed by atoms with van der Waals surface area (Å²) < 4.78 is 5.49. The van der Waals surface area contributed by atoms with Gasteiger partial charge >= 0.3 is 0 Å². The zero-order valence-corrected chi connectivity index (χ0v) is 9.65. The van der Waals surface area contributed by atoms with Crippen LogP contribution in [0.4, 0.5) is 0 Å². The van der Waals surface area contributed by atoms with E-state index in [0.29, 0.717) is 24.1 Å². The molecule has 2 rings (SSSR count). The minimum Gasteiger partial charge on any atom is -0.378 e. The Hall–Kier alpha value is -0.770. The van der Waals surface area contributed by atoms with Crippen LogP contribution in [0.1, 0.15) is 32.6 Å². The van der Waals surface area contributed by atoms with E-state index in [2.05, 4.69) is 9.89 Å². The number of rotatable bonds is 4. The molecule has 2 aliphatic rings. The van der Waals surface area contributed by atoms with Crippen LogP contribution in [0.2, 0.25) is 0 Å². The van der Waals surface area contributed by atoms with Crippen molar-refractivity contribution in [3.05, 3.63) is 0 Å². The van der Waals surface area contributed by atoms with Crippen molar-refractivity contribution in [1.29, 1.82) is 0 Å². The highest BCUT2D eigenvalue weighted by Crippen LogP contribution is 2.28. The summed E-state index contributed by atoms with van der Waals surface area (Å²) in [5, 5.41) is 0. The molecular formula is C11H21N3O. The van der Waals surface area contributed by atoms with Gasteiger partial charge in [-0.2, -0.15) is 0 Å². The maximum atomic E-state index is 5.92. The summed E-state index contributed by atoms with van der Waals surface area (Å²) in [6.45, 7) is 2.84. The molecule has 2 saturated carbocycles. The number of hydrogen-bond donors (Lipinski definition) is 1. The van der Waals surface area contributed by atoms with Gasteiger partial charge in [-0.1, -0.05) is 0 Å². The third kappa shape index (κ3) is 2.62. The van der Waals surface area contributed by atoms with Gasteiger partial charge in [0.15, 0.2) is 5.96 Å². The average Bonchev–Trinajstić information content (AvgIpc) is 2.96. The standard InChI is InChI=1S/C11H21N3O/c1-3-15-10-6-8(7-10)13-11(12)14(2)9-4-5-9/h8-10H,3-7H2,1-2H3,(H2,12,13). The minimum absolute atomic E-state index is 0.391. The summed E-state index contributed by atoms with van der Waals surface area (Å²) in [4.78, 5) is 6.62. The maximum absolute atomic E-state index is 5.92. The first-order valence-corrected chi connectivity index (χ1v) is 5.88. The van der Waals surface area contributed by atoms with E-state index < -0.39 is 0 Å². The summed E-state index contributed by atoms with van der Waals surface area (Å²) in [7, 11) is 2.04. The van der Waals surface area contributed by atoms with Gasteiger partial charge in [-0.05, 0) is 32.6 Å². The van der Waals surface area contributed by atoms with Gasteiger partial charge in [0.1, 0.15) is 0 Å². The molecule has 0 unspecified atom stereocenters. The fourth-order valence-corrected chi connectivity index (χ4v) is 1.94. The zero-order valence-electron chi connectivity index (χ0n) is 9.65. The van der Waals surface area contributed by atoms with Crippen LogP contribution in [0.5, 0.6) is 0 Å². The molecule has 0 aromatic carbocycles. The molecule has 0 atom stereocenters. The largest absolute Gasteiger partial charge is 0.378 e. The summed E-state index contributed by atoms with van der Waals surface area (Å²) in [5.74, 6) is 0.706. The highest BCUT2D eigenvalue weighted by molar-refractivity contribution is 5.78. The molecule has 0 aromatic rings. The lowest BCUT2D eigenvalue weighted by Gasteiger charge is -2.33. The summed E-state index contributed by atoms with van der Waals surface area (Å²) in [5.41, 5.74) is 5.92. The van der Waals surface area contributed by atoms with Crippen molar-refractivity contribution in [2.45, 2.75) is 50.8 Å². The molecule has 2 fully saturated rings. The van der Waals surface area contributed by atoms with Crippen LogP contribution in [0.15, 0.2) is 4.99 Å². The molecular weight excluding hydrogens is 190 g/mol. The van der Waals surface area contributed by atoms with Gasteiger partial charge in [-0.3, -0.25) is 0 Å². The first-order chi connectivity index (χ1) is 7.20. The number of guanidine groups is 1. The number of nitrogens with two attached hydrogens (primary N) is 1. The monoisotopic (exact) mass is 211 g/mol. The molecule has 0 heterocycles. The van der Waals surface area contributed by atoms with Gasteiger partial charge in [0.05, 0.1) is 12.1 Å². The predicted molar refractivity (Wildman–Crippen MR) is 60.8 cm³/mol. The van der Waals surface area contributed by atoms with Gasteiger partial charge in [0.2, 0.25) is 0 Å². The second kappa shape index (κ2) is 4.39. The number of nitrogens with zero attached hydrogens (tertiary/aromatic N) is 2. The Labute approximate surface area is 91.5 Å². The van der Waals surface area contributed by atoms with Gasteiger partial charge in [-0.25, -0.2) is 4.99 Å². The summed E-state index contributed by atoms with van der Waals surface area (Å²) in [6.07, 6.45) is 5.01. The molecule has 15 heavy (non-hydrogen) atoms. The van der Waals surface area contributed by atoms with E-state index >= 15 is 0 Å². The summed E-state index contributed by atoms with van der Waals surface area (Å²) in [6, 6.07) is 1.04. The zero-order chi connectivity index (χ0) is 10.8. The Kier molecular flexibility index (Phi) is 3.14. The van der Waals surface area contributed by atoms with Crippen molar-refractivity contribution in [2.75, 3.05) is 13.7 Å². The molecule has 2 aliphatic carbocycles. The predicted octanol–water partition coefficient (Wildman–Crippen LogP) is 0.963. The molecule has 4 nitrogen and oxygen atoms in total. The van der Waals surface area contributed by atoms with Gasteiger partial charge in [0.25, 0.3) is 0 Å². The highest BCUT2D eigenvalue weighted by atomic mass is 16.5. The third-order valence-electron chi connectivity index (χ3n) is 3.24. The lowest BCUT2D eigenvalue weighted by Crippen LogP contribution is -2.41. The molecule has 86 valence electrons. The Balaban J connectivity index is 1.74. The van der Waals surface area contributed by atoms with E-state index in [1.165, 1.54) is 12.8 Å². The molecule has 4 heteroatoms.